The number of imidazole rings is 1. The highest BCUT2D eigenvalue weighted by atomic mass is 16.1. The van der Waals surface area contributed by atoms with Crippen LogP contribution in [0.2, 0.25) is 0 Å². The van der Waals surface area contributed by atoms with Crippen LogP contribution in [0.25, 0.3) is 11.0 Å². The Hall–Kier alpha value is -2.04. The van der Waals surface area contributed by atoms with Crippen LogP contribution in [0.4, 0.5) is 5.69 Å². The molecule has 0 unspecified atom stereocenters. The van der Waals surface area contributed by atoms with Crippen molar-refractivity contribution in [3.05, 3.63) is 24.0 Å². The van der Waals surface area contributed by atoms with Crippen molar-refractivity contribution >= 4 is 22.6 Å². The van der Waals surface area contributed by atoms with E-state index in [1.54, 1.807) is 0 Å². The van der Waals surface area contributed by atoms with Crippen molar-refractivity contribution in [3.63, 3.8) is 0 Å². The van der Waals surface area contributed by atoms with Crippen LogP contribution in [0.15, 0.2) is 18.2 Å². The molecule has 0 saturated heterocycles. The molecule has 1 amide bonds. The highest BCUT2D eigenvalue weighted by Gasteiger charge is 2.23. The van der Waals surface area contributed by atoms with Crippen LogP contribution in [-0.4, -0.2) is 21.5 Å². The summed E-state index contributed by atoms with van der Waals surface area (Å²) < 4.78 is 2.13. The van der Waals surface area contributed by atoms with Gasteiger partial charge in [-0.3, -0.25) is 4.79 Å². The van der Waals surface area contributed by atoms with E-state index >= 15 is 0 Å². The minimum Gasteiger partial charge on any atom is -0.399 e. The smallest absolute Gasteiger partial charge is 0.222 e. The van der Waals surface area contributed by atoms with Gasteiger partial charge in [-0.15, -0.1) is 0 Å². The standard InChI is InChI=1S/C15H20N4O/c1-2-14-18-12-9-10(16)3-6-13(12)19(14)8-7-15(20)17-11-4-5-11/h3,6,9,11H,2,4-5,7-8,16H2,1H3,(H,17,20). The van der Waals surface area contributed by atoms with Crippen LogP contribution in [-0.2, 0) is 17.8 Å². The second kappa shape index (κ2) is 5.15. The van der Waals surface area contributed by atoms with E-state index in [0.717, 1.165) is 41.8 Å². The molecule has 1 fully saturated rings. The van der Waals surface area contributed by atoms with Gasteiger partial charge in [0.15, 0.2) is 0 Å². The topological polar surface area (TPSA) is 72.9 Å². The minimum absolute atomic E-state index is 0.131. The Morgan fingerprint density at radius 1 is 1.50 bits per heavy atom. The van der Waals surface area contributed by atoms with E-state index in [4.69, 9.17) is 5.73 Å². The Bertz CT molecular complexity index is 643. The Labute approximate surface area is 118 Å². The van der Waals surface area contributed by atoms with Gasteiger partial charge in [-0.05, 0) is 31.0 Å². The van der Waals surface area contributed by atoms with Crippen molar-refractivity contribution in [1.82, 2.24) is 14.9 Å². The number of anilines is 1. The second-order valence-electron chi connectivity index (χ2n) is 5.37. The molecule has 0 atom stereocenters. The van der Waals surface area contributed by atoms with Crippen LogP contribution in [0.5, 0.6) is 0 Å². The lowest BCUT2D eigenvalue weighted by Gasteiger charge is -2.08. The summed E-state index contributed by atoms with van der Waals surface area (Å²) in [6, 6.07) is 6.17. The van der Waals surface area contributed by atoms with Gasteiger partial charge in [0.1, 0.15) is 5.82 Å². The first-order chi connectivity index (χ1) is 9.67. The summed E-state index contributed by atoms with van der Waals surface area (Å²) in [6.45, 7) is 2.74. The van der Waals surface area contributed by atoms with Gasteiger partial charge in [-0.1, -0.05) is 6.92 Å². The fourth-order valence-corrected chi connectivity index (χ4v) is 2.46. The number of carbonyl (C=O) groups excluding carboxylic acids is 1. The number of hydrogen-bond donors (Lipinski definition) is 2. The summed E-state index contributed by atoms with van der Waals surface area (Å²) in [5, 5.41) is 3.02. The van der Waals surface area contributed by atoms with Gasteiger partial charge < -0.3 is 15.6 Å². The molecule has 1 aromatic heterocycles. The van der Waals surface area contributed by atoms with Crippen LogP contribution in [0.3, 0.4) is 0 Å². The predicted octanol–water partition coefficient (Wildman–Crippen LogP) is 1.85. The van der Waals surface area contributed by atoms with E-state index in [-0.39, 0.29) is 5.91 Å². The van der Waals surface area contributed by atoms with E-state index in [1.807, 2.05) is 18.2 Å². The van der Waals surface area contributed by atoms with Crippen molar-refractivity contribution < 1.29 is 4.79 Å². The maximum Gasteiger partial charge on any atom is 0.222 e. The molecule has 1 saturated carbocycles. The Kier molecular flexibility index (Phi) is 3.34. The van der Waals surface area contributed by atoms with Gasteiger partial charge in [0, 0.05) is 31.1 Å². The molecule has 5 nitrogen and oxygen atoms in total. The molecule has 0 spiro atoms. The fourth-order valence-electron chi connectivity index (χ4n) is 2.46. The Morgan fingerprint density at radius 3 is 3.00 bits per heavy atom. The molecule has 0 radical (unpaired) electrons. The first-order valence-electron chi connectivity index (χ1n) is 7.21. The SMILES string of the molecule is CCc1nc2cc(N)ccc2n1CCC(=O)NC1CC1. The highest BCUT2D eigenvalue weighted by Crippen LogP contribution is 2.21. The van der Waals surface area contributed by atoms with Crippen molar-refractivity contribution in [2.75, 3.05) is 5.73 Å². The molecule has 5 heteroatoms. The zero-order valence-electron chi connectivity index (χ0n) is 11.7. The molecule has 2 aromatic rings. The Balaban J connectivity index is 1.79. The molecule has 1 heterocycles. The summed E-state index contributed by atoms with van der Waals surface area (Å²) >= 11 is 0. The monoisotopic (exact) mass is 272 g/mol. The van der Waals surface area contributed by atoms with Crippen LogP contribution >= 0.6 is 0 Å². The number of rotatable bonds is 5. The number of nitrogens with one attached hydrogen (secondary N) is 1. The van der Waals surface area contributed by atoms with Crippen molar-refractivity contribution in [1.29, 1.82) is 0 Å². The van der Waals surface area contributed by atoms with Crippen LogP contribution in [0.1, 0.15) is 32.0 Å². The number of fused-ring (bicyclic) bond motifs is 1. The summed E-state index contributed by atoms with van der Waals surface area (Å²) in [5.41, 5.74) is 8.47. The number of hydrogen-bond acceptors (Lipinski definition) is 3. The van der Waals surface area contributed by atoms with E-state index in [1.165, 1.54) is 0 Å². The van der Waals surface area contributed by atoms with Crippen molar-refractivity contribution in [2.45, 2.75) is 45.2 Å². The lowest BCUT2D eigenvalue weighted by Crippen LogP contribution is -2.26. The molecule has 0 bridgehead atoms. The fraction of sp³-hybridized carbons (Fsp3) is 0.467. The third-order valence-electron chi connectivity index (χ3n) is 3.67. The first-order valence-corrected chi connectivity index (χ1v) is 7.21. The number of amides is 1. The van der Waals surface area contributed by atoms with Gasteiger partial charge in [-0.25, -0.2) is 4.98 Å². The molecule has 1 aromatic carbocycles. The maximum absolute atomic E-state index is 11.8. The normalized spacial score (nSPS) is 14.7. The summed E-state index contributed by atoms with van der Waals surface area (Å²) in [7, 11) is 0. The van der Waals surface area contributed by atoms with Crippen LogP contribution < -0.4 is 11.1 Å². The molecule has 1 aliphatic rings. The van der Waals surface area contributed by atoms with Gasteiger partial charge in [0.25, 0.3) is 0 Å². The number of aromatic nitrogens is 2. The lowest BCUT2D eigenvalue weighted by atomic mass is 10.2. The van der Waals surface area contributed by atoms with E-state index in [2.05, 4.69) is 21.8 Å². The first kappa shape index (κ1) is 13.0. The molecular formula is C15H20N4O. The van der Waals surface area contributed by atoms with Crippen molar-refractivity contribution in [2.24, 2.45) is 0 Å². The lowest BCUT2D eigenvalue weighted by molar-refractivity contribution is -0.121. The average molecular weight is 272 g/mol. The second-order valence-corrected chi connectivity index (χ2v) is 5.37. The van der Waals surface area contributed by atoms with Crippen LogP contribution in [0, 0.1) is 0 Å². The molecule has 3 N–H and O–H groups in total. The van der Waals surface area contributed by atoms with Gasteiger partial charge >= 0.3 is 0 Å². The number of nitrogen functional groups attached to an aromatic ring is 1. The number of nitrogens with zero attached hydrogens (tertiary/aromatic N) is 2. The van der Waals surface area contributed by atoms with E-state index in [9.17, 15) is 4.79 Å². The number of carbonyl (C=O) groups is 1. The third-order valence-corrected chi connectivity index (χ3v) is 3.67. The van der Waals surface area contributed by atoms with Gasteiger partial charge in [-0.2, -0.15) is 0 Å². The largest absolute Gasteiger partial charge is 0.399 e. The highest BCUT2D eigenvalue weighted by molar-refractivity contribution is 5.80. The quantitative estimate of drug-likeness (QED) is 0.816. The van der Waals surface area contributed by atoms with E-state index in [0.29, 0.717) is 19.0 Å². The number of aryl methyl sites for hydroxylation is 2. The van der Waals surface area contributed by atoms with Gasteiger partial charge in [0.05, 0.1) is 11.0 Å². The third kappa shape index (κ3) is 2.61. The molecule has 3 rings (SSSR count). The zero-order chi connectivity index (χ0) is 14.1. The summed E-state index contributed by atoms with van der Waals surface area (Å²) in [4.78, 5) is 16.4. The number of nitrogens with two attached hydrogens (primary N) is 1. The maximum atomic E-state index is 11.8. The predicted molar refractivity (Wildman–Crippen MR) is 79.3 cm³/mol. The van der Waals surface area contributed by atoms with Gasteiger partial charge in [0.2, 0.25) is 5.91 Å². The van der Waals surface area contributed by atoms with Crippen molar-refractivity contribution in [3.8, 4) is 0 Å². The molecule has 0 aliphatic heterocycles. The average Bonchev–Trinajstić information content (AvgIpc) is 3.16. The minimum atomic E-state index is 0.131. The molecule has 1 aliphatic carbocycles. The molecule has 20 heavy (non-hydrogen) atoms. The summed E-state index contributed by atoms with van der Waals surface area (Å²) in [5.74, 6) is 1.14. The Morgan fingerprint density at radius 2 is 2.30 bits per heavy atom. The number of benzene rings is 1. The van der Waals surface area contributed by atoms with E-state index < -0.39 is 0 Å². The molecule has 106 valence electrons. The zero-order valence-corrected chi connectivity index (χ0v) is 11.7. The summed E-state index contributed by atoms with van der Waals surface area (Å²) in [6.07, 6.45) is 3.59. The molecular weight excluding hydrogens is 252 g/mol.